The molecule has 5 rings (SSSR count). The van der Waals surface area contributed by atoms with Crippen LogP contribution in [0.25, 0.3) is 0 Å². The highest BCUT2D eigenvalue weighted by Gasteiger charge is 2.58. The minimum absolute atomic E-state index is 0.141. The van der Waals surface area contributed by atoms with Gasteiger partial charge in [-0.15, -0.1) is 0 Å². The quantitative estimate of drug-likeness (QED) is 0.163. The number of rotatable bonds is 12. The number of benzene rings is 4. The van der Waals surface area contributed by atoms with Gasteiger partial charge in [-0.25, -0.2) is 0 Å². The van der Waals surface area contributed by atoms with Crippen molar-refractivity contribution in [1.29, 1.82) is 0 Å². The summed E-state index contributed by atoms with van der Waals surface area (Å²) in [5.74, 6) is -0.450. The van der Waals surface area contributed by atoms with Crippen LogP contribution >= 0.6 is 0 Å². The molecule has 0 radical (unpaired) electrons. The highest BCUT2D eigenvalue weighted by atomic mass is 32.2. The first-order valence-electron chi connectivity index (χ1n) is 17.9. The molecule has 4 aromatic rings. The van der Waals surface area contributed by atoms with Gasteiger partial charge in [0.2, 0.25) is 5.91 Å². The molecule has 0 unspecified atom stereocenters. The molecular weight excluding hydrogens is 723 g/mol. The van der Waals surface area contributed by atoms with Crippen molar-refractivity contribution >= 4 is 53.4 Å². The Morgan fingerprint density at radius 2 is 1.08 bits per heavy atom. The van der Waals surface area contributed by atoms with Crippen LogP contribution in [0, 0.1) is 0 Å². The number of ether oxygens (including phenoxy) is 1. The lowest BCUT2D eigenvalue weighted by Crippen LogP contribution is -2.74. The summed E-state index contributed by atoms with van der Waals surface area (Å²) in [5, 5.41) is 17.6. The van der Waals surface area contributed by atoms with Gasteiger partial charge in [-0.1, -0.05) is 163 Å². The monoisotopic (exact) mass is 775 g/mol. The first kappa shape index (κ1) is 40.7. The summed E-state index contributed by atoms with van der Waals surface area (Å²) in [4.78, 5) is 12.8. The third-order valence-electron chi connectivity index (χ3n) is 9.93. The van der Waals surface area contributed by atoms with Crippen molar-refractivity contribution in [2.45, 2.75) is 89.2 Å². The zero-order valence-electron chi connectivity index (χ0n) is 31.9. The zero-order chi connectivity index (χ0) is 38.7. The number of aliphatic hydroxyl groups is 1. The van der Waals surface area contributed by atoms with Crippen molar-refractivity contribution in [3.8, 4) is 0 Å². The second-order valence-electron chi connectivity index (χ2n) is 15.8. The van der Waals surface area contributed by atoms with E-state index in [0.717, 1.165) is 27.0 Å². The molecule has 2 N–H and O–H groups in total. The van der Waals surface area contributed by atoms with Crippen LogP contribution in [-0.4, -0.2) is 79.6 Å². The molecule has 0 aliphatic carbocycles. The topological polar surface area (TPSA) is 120 Å². The highest BCUT2D eigenvalue weighted by Crippen LogP contribution is 2.41. The Morgan fingerprint density at radius 1 is 0.698 bits per heavy atom. The summed E-state index contributed by atoms with van der Waals surface area (Å²) in [6, 6.07) is 38.6. The highest BCUT2D eigenvalue weighted by molar-refractivity contribution is 7.86. The van der Waals surface area contributed by atoms with Gasteiger partial charge in [-0.2, -0.15) is 8.42 Å². The Balaban J connectivity index is 1.70. The maximum Gasteiger partial charge on any atom is 0.264 e. The van der Waals surface area contributed by atoms with Crippen molar-refractivity contribution in [2.24, 2.45) is 0 Å². The predicted molar refractivity (Wildman–Crippen MR) is 214 cm³/mol. The first-order chi connectivity index (χ1) is 24.9. The summed E-state index contributed by atoms with van der Waals surface area (Å²) < 4.78 is 53.4. The lowest BCUT2D eigenvalue weighted by Gasteiger charge is -2.51. The third-order valence-corrected chi connectivity index (χ3v) is 20.5. The van der Waals surface area contributed by atoms with Crippen molar-refractivity contribution in [2.75, 3.05) is 12.9 Å². The van der Waals surface area contributed by atoms with E-state index in [4.69, 9.17) is 17.8 Å². The molecule has 0 saturated carbocycles. The Kier molecular flexibility index (Phi) is 12.4. The fourth-order valence-electron chi connectivity index (χ4n) is 7.76. The average Bonchev–Trinajstić information content (AvgIpc) is 3.10. The number of aliphatic hydroxyl groups excluding tert-OH is 1. The van der Waals surface area contributed by atoms with E-state index in [9.17, 15) is 18.3 Å². The van der Waals surface area contributed by atoms with E-state index in [1.54, 1.807) is 0 Å². The van der Waals surface area contributed by atoms with E-state index in [1.807, 2.05) is 97.1 Å². The Bertz CT molecular complexity index is 1820. The smallest absolute Gasteiger partial charge is 0.264 e. The van der Waals surface area contributed by atoms with E-state index in [0.29, 0.717) is 0 Å². The van der Waals surface area contributed by atoms with Gasteiger partial charge < -0.3 is 24.0 Å². The molecule has 1 saturated heterocycles. The normalized spacial score (nSPS) is 21.6. The first-order valence-corrected chi connectivity index (χ1v) is 23.6. The second kappa shape index (κ2) is 16.1. The number of carbonyl (C=O) groups is 1. The molecule has 0 aromatic heterocycles. The zero-order valence-corrected chi connectivity index (χ0v) is 34.7. The Morgan fingerprint density at radius 3 is 1.42 bits per heavy atom. The molecule has 284 valence electrons. The van der Waals surface area contributed by atoms with Crippen molar-refractivity contribution in [3.63, 3.8) is 0 Å². The molecule has 5 atom stereocenters. The van der Waals surface area contributed by atoms with Crippen LogP contribution in [-0.2, 0) is 32.7 Å². The van der Waals surface area contributed by atoms with Crippen molar-refractivity contribution in [3.05, 3.63) is 121 Å². The van der Waals surface area contributed by atoms with Gasteiger partial charge in [0.15, 0.2) is 6.29 Å². The van der Waals surface area contributed by atoms with E-state index in [1.165, 1.54) is 6.92 Å². The average molecular weight is 776 g/mol. The molecule has 1 aliphatic rings. The van der Waals surface area contributed by atoms with Gasteiger partial charge in [0, 0.05) is 6.92 Å². The molecule has 0 bridgehead atoms. The molecule has 0 spiro atoms. The largest absolute Gasteiger partial charge is 0.405 e. The maximum absolute atomic E-state index is 13.2. The number of amides is 1. The van der Waals surface area contributed by atoms with Crippen LogP contribution in [0.5, 0.6) is 0 Å². The minimum atomic E-state index is -4.15. The minimum Gasteiger partial charge on any atom is -0.405 e. The van der Waals surface area contributed by atoms with Gasteiger partial charge in [-0.3, -0.25) is 8.98 Å². The summed E-state index contributed by atoms with van der Waals surface area (Å²) >= 11 is 0. The summed E-state index contributed by atoms with van der Waals surface area (Å²) in [7, 11) is -10.7. The molecule has 1 fully saturated rings. The third kappa shape index (κ3) is 8.60. The van der Waals surface area contributed by atoms with Gasteiger partial charge in [0.1, 0.15) is 24.4 Å². The van der Waals surface area contributed by atoms with Gasteiger partial charge in [0.25, 0.3) is 26.8 Å². The lowest BCUT2D eigenvalue weighted by molar-refractivity contribution is -0.243. The molecular formula is C41H53NO8SSi2. The summed E-state index contributed by atoms with van der Waals surface area (Å²) in [6.45, 7) is 13.9. The molecule has 4 aromatic carbocycles. The second-order valence-corrected chi connectivity index (χ2v) is 25.9. The van der Waals surface area contributed by atoms with Gasteiger partial charge >= 0.3 is 0 Å². The number of hydrogen-bond donors (Lipinski definition) is 2. The summed E-state index contributed by atoms with van der Waals surface area (Å²) in [6.07, 6.45) is -4.27. The summed E-state index contributed by atoms with van der Waals surface area (Å²) in [5.41, 5.74) is 0. The van der Waals surface area contributed by atoms with Crippen LogP contribution in [0.2, 0.25) is 10.1 Å². The fraction of sp³-hybridized carbons (Fsp3) is 0.390. The van der Waals surface area contributed by atoms with Gasteiger partial charge in [-0.05, 0) is 30.8 Å². The van der Waals surface area contributed by atoms with Crippen LogP contribution in [0.4, 0.5) is 0 Å². The fourth-order valence-corrected chi connectivity index (χ4v) is 17.7. The molecule has 53 heavy (non-hydrogen) atoms. The Labute approximate surface area is 317 Å². The van der Waals surface area contributed by atoms with Crippen LogP contribution in [0.15, 0.2) is 121 Å². The van der Waals surface area contributed by atoms with E-state index in [-0.39, 0.29) is 6.61 Å². The lowest BCUT2D eigenvalue weighted by atomic mass is 9.97. The Hall–Kier alpha value is -3.47. The molecule has 1 heterocycles. The van der Waals surface area contributed by atoms with E-state index >= 15 is 0 Å². The molecule has 12 heteroatoms. The van der Waals surface area contributed by atoms with E-state index in [2.05, 4.69) is 71.1 Å². The SMILES string of the molecule is CC(=O)N[C@@H]1[C@@H](O[Si](c2ccccc2)(c2ccccc2)C(C)(C)C)[C@H](OS(C)(=O)=O)[C@@H](CO[Si](c2ccccc2)(c2ccccc2)C(C)(C)C)O[C@H]1O. The number of nitrogens with one attached hydrogen (secondary N) is 1. The van der Waals surface area contributed by atoms with Crippen molar-refractivity contribution in [1.82, 2.24) is 5.32 Å². The van der Waals surface area contributed by atoms with Crippen LogP contribution in [0.3, 0.4) is 0 Å². The van der Waals surface area contributed by atoms with Crippen LogP contribution in [0.1, 0.15) is 48.5 Å². The molecule has 1 aliphatic heterocycles. The predicted octanol–water partition coefficient (Wildman–Crippen LogP) is 4.07. The van der Waals surface area contributed by atoms with E-state index < -0.39 is 73.4 Å². The molecule has 9 nitrogen and oxygen atoms in total. The number of hydrogen-bond acceptors (Lipinski definition) is 8. The standard InChI is InChI=1S/C41H53NO8SSi2/c1-30(43)42-36-38(50-53(41(5,6)7,33-25-17-11-18-26-33)34-27-19-12-20-28-34)37(49-51(8,45)46)35(48-39(36)44)29-47-52(40(2,3)4,31-21-13-9-14-22-31)32-23-15-10-16-24-32/h9-28,35-39,44H,29H2,1-8H3,(H,42,43)/t35-,36-,37-,38-,39-/m1/s1. The number of carbonyl (C=O) groups excluding carboxylic acids is 1. The van der Waals surface area contributed by atoms with Crippen LogP contribution < -0.4 is 26.1 Å². The molecule has 1 amide bonds. The maximum atomic E-state index is 13.2. The van der Waals surface area contributed by atoms with Crippen molar-refractivity contribution < 1.29 is 36.1 Å². The van der Waals surface area contributed by atoms with Gasteiger partial charge in [0.05, 0.1) is 12.9 Å².